The van der Waals surface area contributed by atoms with Crippen molar-refractivity contribution in [3.8, 4) is 0 Å². The zero-order valence-corrected chi connectivity index (χ0v) is 27.3. The number of thioether (sulfide) groups is 8. The molecule has 0 saturated heterocycles. The smallest absolute Gasteiger partial charge is 0.0657 e. The summed E-state index contributed by atoms with van der Waals surface area (Å²) in [5.74, 6) is 0. The van der Waals surface area contributed by atoms with Crippen LogP contribution < -0.4 is 0 Å². The van der Waals surface area contributed by atoms with Crippen LogP contribution >= 0.6 is 117 Å². The molecule has 0 aromatic carbocycles. The standard InChI is InChI=1S/C23H24S10/c1-12(18-30-20(24-3)21(25-4)31-18)16-9-7-14(28-16)11-15-8-10-17(29-15)13(2)19-32-22(26-5)23(27-6)33-19/h7-10H,11H2,1-6H3. The molecule has 176 valence electrons. The molecule has 4 heterocycles. The Morgan fingerprint density at radius 3 is 1.21 bits per heavy atom. The van der Waals surface area contributed by atoms with Crippen molar-refractivity contribution in [3.63, 3.8) is 0 Å². The molecule has 0 aliphatic carbocycles. The molecule has 0 nitrogen and oxygen atoms in total. The second-order valence-corrected chi connectivity index (χ2v) is 18.1. The molecule has 0 radical (unpaired) electrons. The van der Waals surface area contributed by atoms with E-state index >= 15 is 0 Å². The monoisotopic (exact) mass is 620 g/mol. The fourth-order valence-corrected chi connectivity index (χ4v) is 15.5. The van der Waals surface area contributed by atoms with Crippen molar-refractivity contribution in [2.75, 3.05) is 25.0 Å². The Labute approximate surface area is 239 Å². The number of hydrogen-bond acceptors (Lipinski definition) is 10. The molecule has 4 rings (SSSR count). The highest BCUT2D eigenvalue weighted by Gasteiger charge is 2.24. The van der Waals surface area contributed by atoms with Crippen molar-refractivity contribution in [1.29, 1.82) is 0 Å². The minimum absolute atomic E-state index is 1.02. The van der Waals surface area contributed by atoms with Gasteiger partial charge in [0.05, 0.1) is 25.4 Å². The summed E-state index contributed by atoms with van der Waals surface area (Å²) in [6.07, 6.45) is 9.74. The zero-order chi connectivity index (χ0) is 23.5. The SMILES string of the molecule is CSC1=C(SC)SC(=C(C)c2ccc(Cc3ccc(C(C)=C4SC(SC)=C(SC)S4)s3)s2)S1. The van der Waals surface area contributed by atoms with Crippen molar-refractivity contribution >= 4 is 128 Å². The second-order valence-electron chi connectivity index (χ2n) is 6.91. The predicted octanol–water partition coefficient (Wildman–Crippen LogP) is 11.4. The van der Waals surface area contributed by atoms with Gasteiger partial charge in [0, 0.05) is 25.9 Å². The first-order valence-electron chi connectivity index (χ1n) is 9.93. The highest BCUT2D eigenvalue weighted by atomic mass is 32.3. The van der Waals surface area contributed by atoms with Crippen LogP contribution in [0.1, 0.15) is 33.4 Å². The van der Waals surface area contributed by atoms with Gasteiger partial charge in [-0.1, -0.05) is 47.0 Å². The van der Waals surface area contributed by atoms with Gasteiger partial charge in [0.15, 0.2) is 0 Å². The minimum Gasteiger partial charge on any atom is -0.140 e. The summed E-state index contributed by atoms with van der Waals surface area (Å²) in [6.45, 7) is 4.56. The van der Waals surface area contributed by atoms with Gasteiger partial charge in [-0.3, -0.25) is 0 Å². The van der Waals surface area contributed by atoms with E-state index in [0.29, 0.717) is 0 Å². The Balaban J connectivity index is 1.45. The maximum Gasteiger partial charge on any atom is 0.0657 e. The van der Waals surface area contributed by atoms with Crippen LogP contribution in [-0.2, 0) is 6.42 Å². The molecule has 0 saturated carbocycles. The summed E-state index contributed by atoms with van der Waals surface area (Å²) in [5, 5.41) is 0. The van der Waals surface area contributed by atoms with Gasteiger partial charge in [0.2, 0.25) is 0 Å². The van der Waals surface area contributed by atoms with Crippen molar-refractivity contribution in [1.82, 2.24) is 0 Å². The van der Waals surface area contributed by atoms with Crippen LogP contribution in [0, 0.1) is 0 Å². The van der Waals surface area contributed by atoms with Crippen molar-refractivity contribution < 1.29 is 0 Å². The van der Waals surface area contributed by atoms with Crippen LogP contribution in [0.15, 0.2) is 49.7 Å². The van der Waals surface area contributed by atoms with Gasteiger partial charge in [0.1, 0.15) is 0 Å². The van der Waals surface area contributed by atoms with E-state index in [1.165, 1.54) is 56.1 Å². The van der Waals surface area contributed by atoms with Crippen LogP contribution in [0.2, 0.25) is 0 Å². The number of thiophene rings is 2. The van der Waals surface area contributed by atoms with Crippen LogP contribution in [0.4, 0.5) is 0 Å². The third-order valence-electron chi connectivity index (χ3n) is 4.84. The maximum atomic E-state index is 2.32. The first-order chi connectivity index (χ1) is 16.0. The molecular weight excluding hydrogens is 597 g/mol. The predicted molar refractivity (Wildman–Crippen MR) is 175 cm³/mol. The first-order valence-corrected chi connectivity index (χ1v) is 19.7. The van der Waals surface area contributed by atoms with Gasteiger partial charge < -0.3 is 0 Å². The molecule has 2 aliphatic heterocycles. The third kappa shape index (κ3) is 6.36. The van der Waals surface area contributed by atoms with Crippen LogP contribution in [0.25, 0.3) is 11.1 Å². The molecular formula is C23H24S10. The lowest BCUT2D eigenvalue weighted by molar-refractivity contribution is 1.31. The van der Waals surface area contributed by atoms with Gasteiger partial charge in [-0.05, 0) is 74.3 Å². The molecule has 33 heavy (non-hydrogen) atoms. The summed E-state index contributed by atoms with van der Waals surface area (Å²) in [5.41, 5.74) is 2.84. The Bertz CT molecular complexity index is 1030. The highest BCUT2D eigenvalue weighted by Crippen LogP contribution is 2.59. The quantitative estimate of drug-likeness (QED) is 0.282. The number of hydrogen-bond donors (Lipinski definition) is 0. The highest BCUT2D eigenvalue weighted by molar-refractivity contribution is 8.41. The summed E-state index contributed by atoms with van der Waals surface area (Å²) in [7, 11) is 0. The summed E-state index contributed by atoms with van der Waals surface area (Å²) >= 11 is 19.1. The Morgan fingerprint density at radius 2 is 0.909 bits per heavy atom. The lowest BCUT2D eigenvalue weighted by Crippen LogP contribution is -1.78. The van der Waals surface area contributed by atoms with E-state index in [4.69, 9.17) is 0 Å². The summed E-state index contributed by atoms with van der Waals surface area (Å²) in [6, 6.07) is 9.26. The van der Waals surface area contributed by atoms with Gasteiger partial charge in [-0.2, -0.15) is 0 Å². The van der Waals surface area contributed by atoms with Gasteiger partial charge >= 0.3 is 0 Å². The zero-order valence-electron chi connectivity index (χ0n) is 19.1. The molecule has 0 N–H and O–H groups in total. The molecule has 0 spiro atoms. The molecule has 2 aromatic rings. The second kappa shape index (κ2) is 12.6. The first kappa shape index (κ1) is 27.2. The van der Waals surface area contributed by atoms with Gasteiger partial charge in [-0.25, -0.2) is 0 Å². The minimum atomic E-state index is 1.02. The van der Waals surface area contributed by atoms with E-state index in [-0.39, 0.29) is 0 Å². The Morgan fingerprint density at radius 1 is 0.576 bits per heavy atom. The third-order valence-corrected chi connectivity index (χ3v) is 18.1. The van der Waals surface area contributed by atoms with Gasteiger partial charge in [-0.15, -0.1) is 69.7 Å². The molecule has 2 aromatic heterocycles. The van der Waals surface area contributed by atoms with E-state index in [9.17, 15) is 0 Å². The molecule has 0 atom stereocenters. The molecule has 10 heteroatoms. The topological polar surface area (TPSA) is 0 Å². The van der Waals surface area contributed by atoms with E-state index in [0.717, 1.165) is 6.42 Å². The number of rotatable bonds is 8. The number of allylic oxidation sites excluding steroid dienone is 2. The molecule has 0 amide bonds. The van der Waals surface area contributed by atoms with E-state index in [1.54, 1.807) is 0 Å². The van der Waals surface area contributed by atoms with Gasteiger partial charge in [0.25, 0.3) is 0 Å². The van der Waals surface area contributed by atoms with E-state index in [2.05, 4.69) is 63.1 Å². The van der Waals surface area contributed by atoms with Crippen molar-refractivity contribution in [2.24, 2.45) is 0 Å². The molecule has 2 aliphatic rings. The summed E-state index contributed by atoms with van der Waals surface area (Å²) < 4.78 is 8.64. The lowest BCUT2D eigenvalue weighted by Gasteiger charge is -2.03. The fourth-order valence-electron chi connectivity index (χ4n) is 3.07. The van der Waals surface area contributed by atoms with E-state index < -0.39 is 0 Å². The molecule has 0 fully saturated rings. The van der Waals surface area contributed by atoms with Crippen LogP contribution in [0.3, 0.4) is 0 Å². The Hall–Kier alpha value is 1.16. The van der Waals surface area contributed by atoms with Crippen LogP contribution in [-0.4, -0.2) is 25.0 Å². The van der Waals surface area contributed by atoms with E-state index in [1.807, 2.05) is 117 Å². The average Bonchev–Trinajstić information content (AvgIpc) is 3.63. The van der Waals surface area contributed by atoms with Crippen LogP contribution in [0.5, 0.6) is 0 Å². The average molecular weight is 621 g/mol. The lowest BCUT2D eigenvalue weighted by atomic mass is 10.2. The maximum absolute atomic E-state index is 2.32. The van der Waals surface area contributed by atoms with Crippen molar-refractivity contribution in [2.45, 2.75) is 20.3 Å². The summed E-state index contributed by atoms with van der Waals surface area (Å²) in [4.78, 5) is 5.69. The normalized spacial score (nSPS) is 16.5. The molecule has 0 unspecified atom stereocenters. The fraction of sp³-hybridized carbons (Fsp3) is 0.304. The molecule has 0 bridgehead atoms. The van der Waals surface area contributed by atoms with Crippen molar-refractivity contribution in [3.05, 3.63) is 69.2 Å². The largest absolute Gasteiger partial charge is 0.140 e. The Kier molecular flexibility index (Phi) is 10.4.